The predicted molar refractivity (Wildman–Crippen MR) is 98.7 cm³/mol. The third-order valence-corrected chi connectivity index (χ3v) is 5.53. The van der Waals surface area contributed by atoms with Crippen molar-refractivity contribution in [3.8, 4) is 0 Å². The summed E-state index contributed by atoms with van der Waals surface area (Å²) in [6, 6.07) is 11.2. The fourth-order valence-corrected chi connectivity index (χ4v) is 4.25. The molecule has 1 aliphatic carbocycles. The fraction of sp³-hybridized carbons (Fsp3) is 0.650. The molecule has 1 heterocycles. The Morgan fingerprint density at radius 3 is 2.48 bits per heavy atom. The molecule has 1 saturated carbocycles. The van der Waals surface area contributed by atoms with E-state index in [4.69, 9.17) is 4.74 Å². The zero-order valence-electron chi connectivity index (χ0n) is 15.3. The minimum Gasteiger partial charge on any atom is -0.370 e. The van der Waals surface area contributed by atoms with Gasteiger partial charge < -0.3 is 20.3 Å². The van der Waals surface area contributed by atoms with E-state index < -0.39 is 0 Å². The first-order chi connectivity index (χ1) is 12.2. The van der Waals surface area contributed by atoms with E-state index in [2.05, 4.69) is 41.8 Å². The van der Waals surface area contributed by atoms with Crippen LogP contribution >= 0.6 is 0 Å². The smallest absolute Gasteiger partial charge is 0.315 e. The summed E-state index contributed by atoms with van der Waals surface area (Å²) in [5.74, 6) is 0. The SMILES string of the molecule is C[C@H](NC(=O)NC1CCCCC1)[C@@H](c1ccccc1)[NH+]1CCOCC1. The number of amides is 2. The Labute approximate surface area is 151 Å². The van der Waals surface area contributed by atoms with Gasteiger partial charge in [0.1, 0.15) is 19.1 Å². The van der Waals surface area contributed by atoms with Crippen LogP contribution in [-0.4, -0.2) is 44.4 Å². The predicted octanol–water partition coefficient (Wildman–Crippen LogP) is 1.66. The molecule has 0 aromatic heterocycles. The first-order valence-electron chi connectivity index (χ1n) is 9.78. The molecule has 0 spiro atoms. The Morgan fingerprint density at radius 2 is 1.80 bits per heavy atom. The molecule has 5 nitrogen and oxygen atoms in total. The van der Waals surface area contributed by atoms with Crippen molar-refractivity contribution >= 4 is 6.03 Å². The minimum atomic E-state index is -0.0204. The van der Waals surface area contributed by atoms with Crippen LogP contribution in [0.5, 0.6) is 0 Å². The number of benzene rings is 1. The molecule has 1 aliphatic heterocycles. The lowest BCUT2D eigenvalue weighted by Crippen LogP contribution is -3.15. The molecule has 0 radical (unpaired) electrons. The van der Waals surface area contributed by atoms with Gasteiger partial charge in [0.2, 0.25) is 0 Å². The van der Waals surface area contributed by atoms with E-state index in [1.165, 1.54) is 29.7 Å². The number of morpholine rings is 1. The number of carbonyl (C=O) groups excluding carboxylic acids is 1. The number of quaternary nitrogens is 1. The van der Waals surface area contributed by atoms with E-state index in [9.17, 15) is 4.79 Å². The van der Waals surface area contributed by atoms with E-state index in [0.29, 0.717) is 6.04 Å². The summed E-state index contributed by atoms with van der Waals surface area (Å²) in [7, 11) is 0. The highest BCUT2D eigenvalue weighted by molar-refractivity contribution is 5.74. The summed E-state index contributed by atoms with van der Waals surface area (Å²) >= 11 is 0. The molecule has 2 amide bonds. The van der Waals surface area contributed by atoms with Crippen molar-refractivity contribution in [3.05, 3.63) is 35.9 Å². The lowest BCUT2D eigenvalue weighted by atomic mass is 9.95. The molecule has 1 aromatic rings. The zero-order chi connectivity index (χ0) is 17.5. The first kappa shape index (κ1) is 18.2. The van der Waals surface area contributed by atoms with Crippen molar-refractivity contribution in [2.75, 3.05) is 26.3 Å². The van der Waals surface area contributed by atoms with Gasteiger partial charge in [0, 0.05) is 11.6 Å². The lowest BCUT2D eigenvalue weighted by Gasteiger charge is -2.35. The molecule has 0 unspecified atom stereocenters. The largest absolute Gasteiger partial charge is 0.370 e. The second-order valence-electron chi connectivity index (χ2n) is 7.40. The lowest BCUT2D eigenvalue weighted by molar-refractivity contribution is -0.940. The number of urea groups is 1. The van der Waals surface area contributed by atoms with Gasteiger partial charge in [-0.2, -0.15) is 0 Å². The van der Waals surface area contributed by atoms with Crippen LogP contribution in [-0.2, 0) is 4.74 Å². The second kappa shape index (κ2) is 9.20. The van der Waals surface area contributed by atoms with E-state index >= 15 is 0 Å². The Kier molecular flexibility index (Phi) is 6.70. The molecule has 2 fully saturated rings. The number of hydrogen-bond donors (Lipinski definition) is 3. The van der Waals surface area contributed by atoms with Crippen LogP contribution in [0.15, 0.2) is 30.3 Å². The Bertz CT molecular complexity index is 525. The van der Waals surface area contributed by atoms with E-state index in [0.717, 1.165) is 39.1 Å². The fourth-order valence-electron chi connectivity index (χ4n) is 4.25. The molecule has 25 heavy (non-hydrogen) atoms. The molecule has 1 saturated heterocycles. The molecule has 138 valence electrons. The van der Waals surface area contributed by atoms with E-state index in [1.54, 1.807) is 0 Å². The number of hydrogen-bond acceptors (Lipinski definition) is 2. The summed E-state index contributed by atoms with van der Waals surface area (Å²) < 4.78 is 5.53. The summed E-state index contributed by atoms with van der Waals surface area (Å²) in [5, 5.41) is 6.39. The van der Waals surface area contributed by atoms with Crippen molar-refractivity contribution in [1.29, 1.82) is 0 Å². The average Bonchev–Trinajstić information content (AvgIpc) is 2.64. The zero-order valence-corrected chi connectivity index (χ0v) is 15.3. The molecule has 5 heteroatoms. The number of nitrogens with one attached hydrogen (secondary N) is 3. The Hall–Kier alpha value is -1.59. The molecule has 2 atom stereocenters. The molecular weight excluding hydrogens is 314 g/mol. The van der Waals surface area contributed by atoms with Crippen LogP contribution in [0.3, 0.4) is 0 Å². The Balaban J connectivity index is 1.63. The molecule has 1 aromatic carbocycles. The van der Waals surface area contributed by atoms with Gasteiger partial charge >= 0.3 is 6.03 Å². The highest BCUT2D eigenvalue weighted by atomic mass is 16.5. The number of carbonyl (C=O) groups is 1. The maximum atomic E-state index is 12.5. The van der Waals surface area contributed by atoms with E-state index in [-0.39, 0.29) is 18.1 Å². The van der Waals surface area contributed by atoms with Crippen molar-refractivity contribution in [3.63, 3.8) is 0 Å². The van der Waals surface area contributed by atoms with Gasteiger partial charge in [-0.05, 0) is 19.8 Å². The normalized spacial score (nSPS) is 22.1. The molecule has 3 N–H and O–H groups in total. The second-order valence-corrected chi connectivity index (χ2v) is 7.40. The van der Waals surface area contributed by atoms with Crippen LogP contribution in [0, 0.1) is 0 Å². The van der Waals surface area contributed by atoms with Gasteiger partial charge in [-0.15, -0.1) is 0 Å². The van der Waals surface area contributed by atoms with Gasteiger partial charge in [0.25, 0.3) is 0 Å². The van der Waals surface area contributed by atoms with Gasteiger partial charge in [0.05, 0.1) is 19.3 Å². The van der Waals surface area contributed by atoms with Gasteiger partial charge in [-0.1, -0.05) is 49.6 Å². The molecular formula is C20H32N3O2+. The van der Waals surface area contributed by atoms with Crippen molar-refractivity contribution < 1.29 is 14.4 Å². The van der Waals surface area contributed by atoms with Crippen LogP contribution in [0.25, 0.3) is 0 Å². The Morgan fingerprint density at radius 1 is 1.12 bits per heavy atom. The monoisotopic (exact) mass is 346 g/mol. The summed E-state index contributed by atoms with van der Waals surface area (Å²) in [6.45, 7) is 5.67. The van der Waals surface area contributed by atoms with Crippen molar-refractivity contribution in [2.24, 2.45) is 0 Å². The third-order valence-electron chi connectivity index (χ3n) is 5.53. The quantitative estimate of drug-likeness (QED) is 0.760. The first-order valence-corrected chi connectivity index (χ1v) is 9.78. The van der Waals surface area contributed by atoms with Crippen molar-refractivity contribution in [1.82, 2.24) is 10.6 Å². The minimum absolute atomic E-state index is 0.0204. The van der Waals surface area contributed by atoms with Crippen LogP contribution in [0.2, 0.25) is 0 Å². The summed E-state index contributed by atoms with van der Waals surface area (Å²) in [6.07, 6.45) is 5.97. The number of ether oxygens (including phenoxy) is 1. The highest BCUT2D eigenvalue weighted by Gasteiger charge is 2.32. The van der Waals surface area contributed by atoms with Crippen LogP contribution in [0.1, 0.15) is 50.6 Å². The summed E-state index contributed by atoms with van der Waals surface area (Å²) in [5.41, 5.74) is 1.28. The molecule has 3 rings (SSSR count). The van der Waals surface area contributed by atoms with Gasteiger partial charge in [-0.25, -0.2) is 4.79 Å². The van der Waals surface area contributed by atoms with E-state index in [1.807, 2.05) is 6.07 Å². The van der Waals surface area contributed by atoms with Gasteiger partial charge in [0.15, 0.2) is 0 Å². The van der Waals surface area contributed by atoms with Crippen molar-refractivity contribution in [2.45, 2.75) is 57.2 Å². The number of rotatable bonds is 5. The summed E-state index contributed by atoms with van der Waals surface area (Å²) in [4.78, 5) is 14.0. The molecule has 2 aliphatic rings. The maximum absolute atomic E-state index is 12.5. The average molecular weight is 346 g/mol. The standard InChI is InChI=1S/C20H31N3O2/c1-16(21-20(24)22-18-10-6-3-7-11-18)19(17-8-4-2-5-9-17)23-12-14-25-15-13-23/h2,4-5,8-9,16,18-19H,3,6-7,10-15H2,1H3,(H2,21,22,24)/p+1/t16-,19-/m0/s1. The maximum Gasteiger partial charge on any atom is 0.315 e. The molecule has 0 bridgehead atoms. The van der Waals surface area contributed by atoms with Gasteiger partial charge in [-0.3, -0.25) is 0 Å². The highest BCUT2D eigenvalue weighted by Crippen LogP contribution is 2.18. The van der Waals surface area contributed by atoms with Crippen LogP contribution < -0.4 is 15.5 Å². The van der Waals surface area contributed by atoms with Crippen LogP contribution in [0.4, 0.5) is 4.79 Å². The topological polar surface area (TPSA) is 54.8 Å². The third kappa shape index (κ3) is 5.19.